The van der Waals surface area contributed by atoms with Gasteiger partial charge in [0.25, 0.3) is 0 Å². The number of phenolic OH excluding ortho intramolecular Hbond substituents is 2. The number of hydrogen-bond acceptors (Lipinski definition) is 9. The summed E-state index contributed by atoms with van der Waals surface area (Å²) in [6.07, 6.45) is 10.4. The van der Waals surface area contributed by atoms with Gasteiger partial charge in [0.05, 0.1) is 20.3 Å². The van der Waals surface area contributed by atoms with Gasteiger partial charge in [0, 0.05) is 24.1 Å². The molecule has 0 radical (unpaired) electrons. The van der Waals surface area contributed by atoms with Gasteiger partial charge in [0.2, 0.25) is 5.43 Å². The molecule has 0 unspecified atom stereocenters. The predicted molar refractivity (Wildman–Crippen MR) is 150 cm³/mol. The van der Waals surface area contributed by atoms with E-state index in [2.05, 4.69) is 6.92 Å². The fraction of sp³-hybridized carbons (Fsp3) is 0.467. The predicted octanol–water partition coefficient (Wildman–Crippen LogP) is 5.82. The molecule has 0 saturated heterocycles. The number of carbonyl (C=O) groups excluding carboxylic acids is 1. The molecular weight excluding hydrogens is 504 g/mol. The van der Waals surface area contributed by atoms with Gasteiger partial charge in [-0.25, -0.2) is 0 Å². The van der Waals surface area contributed by atoms with E-state index in [-0.39, 0.29) is 69.9 Å². The molecule has 212 valence electrons. The SMILES string of the molecule is CCCCC[C@@H](O)CCCCCC(=O)OC/C=C/c1cc(OC)c2oc3cc(OC)cc(O)c3c(=O)c2c1O. The molecule has 0 fully saturated rings. The van der Waals surface area contributed by atoms with Crippen LogP contribution in [0.1, 0.15) is 70.3 Å². The quantitative estimate of drug-likeness (QED) is 0.123. The number of ether oxygens (including phenoxy) is 3. The first-order chi connectivity index (χ1) is 18.8. The number of phenols is 2. The average Bonchev–Trinajstić information content (AvgIpc) is 2.91. The van der Waals surface area contributed by atoms with Crippen molar-refractivity contribution >= 4 is 34.0 Å². The Bertz CT molecular complexity index is 1360. The van der Waals surface area contributed by atoms with Crippen LogP contribution in [0.25, 0.3) is 28.0 Å². The summed E-state index contributed by atoms with van der Waals surface area (Å²) in [6.45, 7) is 2.13. The molecule has 39 heavy (non-hydrogen) atoms. The summed E-state index contributed by atoms with van der Waals surface area (Å²) >= 11 is 0. The zero-order chi connectivity index (χ0) is 28.4. The van der Waals surface area contributed by atoms with Gasteiger partial charge in [-0.3, -0.25) is 9.59 Å². The van der Waals surface area contributed by atoms with Gasteiger partial charge in [-0.1, -0.05) is 45.1 Å². The lowest BCUT2D eigenvalue weighted by atomic mass is 10.0. The molecule has 0 amide bonds. The number of esters is 1. The van der Waals surface area contributed by atoms with E-state index in [9.17, 15) is 24.9 Å². The van der Waals surface area contributed by atoms with Crippen LogP contribution in [0.2, 0.25) is 0 Å². The minimum absolute atomic E-state index is 0.0122. The standard InChI is InChI=1S/C30H38O9/c1-4-5-7-12-20(31)13-8-6-9-14-25(33)38-15-10-11-19-16-24(37-3)30-27(28(19)34)29(35)26-22(32)17-21(36-2)18-23(26)39-30/h10-11,16-18,20,31-32,34H,4-9,12-15H2,1-3H3/b11-10+/t20-/m1/s1. The number of unbranched alkanes of at least 4 members (excludes halogenated alkanes) is 4. The summed E-state index contributed by atoms with van der Waals surface area (Å²) in [5, 5.41) is 31.0. The van der Waals surface area contributed by atoms with E-state index in [1.54, 1.807) is 6.08 Å². The first kappa shape index (κ1) is 29.8. The first-order valence-electron chi connectivity index (χ1n) is 13.4. The number of benzene rings is 2. The molecule has 3 rings (SSSR count). The topological polar surface area (TPSA) is 136 Å². The highest BCUT2D eigenvalue weighted by Gasteiger charge is 2.21. The van der Waals surface area contributed by atoms with E-state index in [1.165, 1.54) is 38.5 Å². The van der Waals surface area contributed by atoms with E-state index >= 15 is 0 Å². The van der Waals surface area contributed by atoms with Crippen LogP contribution in [0.15, 0.2) is 33.5 Å². The highest BCUT2D eigenvalue weighted by molar-refractivity contribution is 6.00. The molecule has 0 saturated carbocycles. The lowest BCUT2D eigenvalue weighted by Gasteiger charge is -2.11. The highest BCUT2D eigenvalue weighted by atomic mass is 16.5. The summed E-state index contributed by atoms with van der Waals surface area (Å²) in [5.41, 5.74) is -0.262. The van der Waals surface area contributed by atoms with Crippen molar-refractivity contribution in [3.05, 3.63) is 40.1 Å². The number of carbonyl (C=O) groups is 1. The maximum Gasteiger partial charge on any atom is 0.306 e. The largest absolute Gasteiger partial charge is 0.507 e. The molecule has 3 N–H and O–H groups in total. The van der Waals surface area contributed by atoms with Crippen LogP contribution < -0.4 is 14.9 Å². The summed E-state index contributed by atoms with van der Waals surface area (Å²) in [5.74, 6) is -0.514. The van der Waals surface area contributed by atoms with Crippen molar-refractivity contribution in [2.24, 2.45) is 0 Å². The fourth-order valence-electron chi connectivity index (χ4n) is 4.47. The molecule has 9 nitrogen and oxygen atoms in total. The molecule has 0 aliphatic rings. The van der Waals surface area contributed by atoms with Crippen molar-refractivity contribution in [2.45, 2.75) is 70.8 Å². The van der Waals surface area contributed by atoms with Gasteiger partial charge in [0.1, 0.15) is 40.2 Å². The van der Waals surface area contributed by atoms with Crippen molar-refractivity contribution in [2.75, 3.05) is 20.8 Å². The number of aliphatic hydroxyl groups excluding tert-OH is 1. The average molecular weight is 543 g/mol. The van der Waals surface area contributed by atoms with E-state index in [4.69, 9.17) is 18.6 Å². The van der Waals surface area contributed by atoms with Crippen molar-refractivity contribution in [1.82, 2.24) is 0 Å². The van der Waals surface area contributed by atoms with Gasteiger partial charge >= 0.3 is 5.97 Å². The summed E-state index contributed by atoms with van der Waals surface area (Å²) in [4.78, 5) is 25.3. The Morgan fingerprint density at radius 3 is 2.44 bits per heavy atom. The van der Waals surface area contributed by atoms with E-state index in [1.807, 2.05) is 0 Å². The zero-order valence-corrected chi connectivity index (χ0v) is 22.8. The minimum atomic E-state index is -0.627. The Morgan fingerprint density at radius 1 is 1.00 bits per heavy atom. The highest BCUT2D eigenvalue weighted by Crippen LogP contribution is 2.39. The van der Waals surface area contributed by atoms with Crippen LogP contribution in [0.4, 0.5) is 0 Å². The Hall–Kier alpha value is -3.72. The Kier molecular flexibility index (Phi) is 11.0. The van der Waals surface area contributed by atoms with Crippen molar-refractivity contribution in [1.29, 1.82) is 0 Å². The number of rotatable bonds is 15. The minimum Gasteiger partial charge on any atom is -0.507 e. The van der Waals surface area contributed by atoms with Gasteiger partial charge < -0.3 is 33.9 Å². The van der Waals surface area contributed by atoms with Gasteiger partial charge in [-0.15, -0.1) is 0 Å². The summed E-state index contributed by atoms with van der Waals surface area (Å²) in [6, 6.07) is 4.25. The second kappa shape index (κ2) is 14.4. The second-order valence-electron chi connectivity index (χ2n) is 9.51. The van der Waals surface area contributed by atoms with Crippen LogP contribution in [-0.2, 0) is 9.53 Å². The lowest BCUT2D eigenvalue weighted by molar-refractivity contribution is -0.142. The van der Waals surface area contributed by atoms with E-state index in [0.717, 1.165) is 44.9 Å². The lowest BCUT2D eigenvalue weighted by Crippen LogP contribution is -2.07. The van der Waals surface area contributed by atoms with Crippen LogP contribution >= 0.6 is 0 Å². The second-order valence-corrected chi connectivity index (χ2v) is 9.51. The molecule has 2 aromatic carbocycles. The first-order valence-corrected chi connectivity index (χ1v) is 13.4. The van der Waals surface area contributed by atoms with Crippen LogP contribution in [-0.4, -0.2) is 48.2 Å². The summed E-state index contributed by atoms with van der Waals surface area (Å²) in [7, 11) is 2.83. The zero-order valence-electron chi connectivity index (χ0n) is 22.8. The normalized spacial score (nSPS) is 12.3. The molecule has 1 atom stereocenters. The van der Waals surface area contributed by atoms with Gasteiger partial charge in [0.15, 0.2) is 11.3 Å². The monoisotopic (exact) mass is 542 g/mol. The van der Waals surface area contributed by atoms with Crippen LogP contribution in [0, 0.1) is 0 Å². The molecule has 1 aromatic heterocycles. The number of hydrogen-bond donors (Lipinski definition) is 3. The molecule has 9 heteroatoms. The van der Waals surface area contributed by atoms with Crippen LogP contribution in [0.3, 0.4) is 0 Å². The van der Waals surface area contributed by atoms with E-state index < -0.39 is 5.43 Å². The number of methoxy groups -OCH3 is 2. The van der Waals surface area contributed by atoms with Crippen molar-refractivity contribution < 1.29 is 38.7 Å². The molecule has 0 spiro atoms. The maximum atomic E-state index is 13.2. The molecule has 1 heterocycles. The third kappa shape index (κ3) is 7.66. The van der Waals surface area contributed by atoms with E-state index in [0.29, 0.717) is 12.2 Å². The Labute approximate surface area is 227 Å². The van der Waals surface area contributed by atoms with Gasteiger partial charge in [-0.05, 0) is 31.4 Å². The van der Waals surface area contributed by atoms with Crippen molar-refractivity contribution in [3.8, 4) is 23.0 Å². The Balaban J connectivity index is 1.62. The number of aromatic hydroxyl groups is 2. The molecule has 3 aromatic rings. The Morgan fingerprint density at radius 2 is 1.74 bits per heavy atom. The maximum absolute atomic E-state index is 13.2. The van der Waals surface area contributed by atoms with Gasteiger partial charge in [-0.2, -0.15) is 0 Å². The fourth-order valence-corrected chi connectivity index (χ4v) is 4.47. The summed E-state index contributed by atoms with van der Waals surface area (Å²) < 4.78 is 21.6. The third-order valence-electron chi connectivity index (χ3n) is 6.62. The third-order valence-corrected chi connectivity index (χ3v) is 6.62. The smallest absolute Gasteiger partial charge is 0.306 e. The number of fused-ring (bicyclic) bond motifs is 2. The van der Waals surface area contributed by atoms with Crippen molar-refractivity contribution in [3.63, 3.8) is 0 Å². The van der Waals surface area contributed by atoms with Crippen LogP contribution in [0.5, 0.6) is 23.0 Å². The number of aliphatic hydroxyl groups is 1. The molecule has 0 aliphatic heterocycles. The molecule has 0 bridgehead atoms. The molecule has 0 aliphatic carbocycles. The molecular formula is C30H38O9.